The highest BCUT2D eigenvalue weighted by Gasteiger charge is 2.24. The maximum absolute atomic E-state index is 12.9. The predicted octanol–water partition coefficient (Wildman–Crippen LogP) is 4.22. The highest BCUT2D eigenvalue weighted by molar-refractivity contribution is 5.94. The summed E-state index contributed by atoms with van der Waals surface area (Å²) in [7, 11) is 0. The minimum Gasteiger partial charge on any atom is -0.357 e. The van der Waals surface area contributed by atoms with Crippen LogP contribution in [0, 0.1) is 0 Å². The van der Waals surface area contributed by atoms with Crippen molar-refractivity contribution in [3.05, 3.63) is 70.9 Å². The van der Waals surface area contributed by atoms with Crippen molar-refractivity contribution in [1.82, 2.24) is 15.2 Å². The van der Waals surface area contributed by atoms with Crippen LogP contribution in [0.4, 0.5) is 0 Å². The van der Waals surface area contributed by atoms with Gasteiger partial charge in [-0.05, 0) is 68.0 Å². The molecule has 144 valence electrons. The number of para-hydroxylation sites is 1. The third-order valence-electron chi connectivity index (χ3n) is 6.22. The summed E-state index contributed by atoms with van der Waals surface area (Å²) in [6.45, 7) is 2.78. The molecule has 1 aromatic heterocycles. The Morgan fingerprint density at radius 3 is 2.79 bits per heavy atom. The summed E-state index contributed by atoms with van der Waals surface area (Å²) in [6.07, 6.45) is 5.44. The molecular weight excluding hydrogens is 346 g/mol. The lowest BCUT2D eigenvalue weighted by atomic mass is 9.94. The lowest BCUT2D eigenvalue weighted by Gasteiger charge is -2.27. The SMILES string of the molecule is O=C(c1cccc(CC2NCCc3c2[nH]c2ccccc32)c1)N1CCCCC1. The molecule has 1 amide bonds. The van der Waals surface area contributed by atoms with E-state index in [1.807, 2.05) is 17.0 Å². The van der Waals surface area contributed by atoms with Crippen LogP contribution in [0.2, 0.25) is 0 Å². The molecule has 0 spiro atoms. The van der Waals surface area contributed by atoms with Crippen molar-refractivity contribution in [1.29, 1.82) is 0 Å². The number of nitrogens with zero attached hydrogens (tertiary/aromatic N) is 1. The molecule has 3 aromatic rings. The summed E-state index contributed by atoms with van der Waals surface area (Å²) < 4.78 is 0. The number of hydrogen-bond donors (Lipinski definition) is 2. The molecule has 2 N–H and O–H groups in total. The van der Waals surface area contributed by atoms with Crippen LogP contribution in [0.25, 0.3) is 10.9 Å². The van der Waals surface area contributed by atoms with Gasteiger partial charge in [-0.1, -0.05) is 30.3 Å². The molecule has 1 atom stereocenters. The summed E-state index contributed by atoms with van der Waals surface area (Å²) in [4.78, 5) is 18.5. The molecular formula is C24H27N3O. The Bertz CT molecular complexity index is 1000. The Morgan fingerprint density at radius 1 is 1.04 bits per heavy atom. The fourth-order valence-corrected chi connectivity index (χ4v) is 4.78. The van der Waals surface area contributed by atoms with Crippen LogP contribution >= 0.6 is 0 Å². The molecule has 5 rings (SSSR count). The van der Waals surface area contributed by atoms with E-state index < -0.39 is 0 Å². The summed E-state index contributed by atoms with van der Waals surface area (Å²) in [6, 6.07) is 17.1. The number of aromatic nitrogens is 1. The van der Waals surface area contributed by atoms with Gasteiger partial charge in [-0.2, -0.15) is 0 Å². The third-order valence-corrected chi connectivity index (χ3v) is 6.22. The van der Waals surface area contributed by atoms with Crippen LogP contribution < -0.4 is 5.32 Å². The Balaban J connectivity index is 1.39. The van der Waals surface area contributed by atoms with Crippen LogP contribution in [0.15, 0.2) is 48.5 Å². The number of piperidine rings is 1. The van der Waals surface area contributed by atoms with Crippen LogP contribution in [-0.2, 0) is 12.8 Å². The average molecular weight is 374 g/mol. The van der Waals surface area contributed by atoms with Crippen molar-refractivity contribution in [2.45, 2.75) is 38.1 Å². The normalized spacial score (nSPS) is 19.6. The van der Waals surface area contributed by atoms with Crippen molar-refractivity contribution in [3.8, 4) is 0 Å². The molecule has 0 saturated carbocycles. The van der Waals surface area contributed by atoms with E-state index in [1.165, 1.54) is 34.1 Å². The zero-order valence-corrected chi connectivity index (χ0v) is 16.2. The van der Waals surface area contributed by atoms with Crippen LogP contribution in [-0.4, -0.2) is 35.4 Å². The number of rotatable bonds is 3. The van der Waals surface area contributed by atoms with E-state index in [2.05, 4.69) is 46.7 Å². The zero-order valence-electron chi connectivity index (χ0n) is 16.2. The molecule has 2 aliphatic heterocycles. The van der Waals surface area contributed by atoms with Crippen molar-refractivity contribution in [2.75, 3.05) is 19.6 Å². The molecule has 0 aliphatic carbocycles. The topological polar surface area (TPSA) is 48.1 Å². The second kappa shape index (κ2) is 7.44. The number of fused-ring (bicyclic) bond motifs is 3. The molecule has 28 heavy (non-hydrogen) atoms. The molecule has 2 aromatic carbocycles. The summed E-state index contributed by atoms with van der Waals surface area (Å²) in [5.74, 6) is 0.185. The highest BCUT2D eigenvalue weighted by Crippen LogP contribution is 2.31. The van der Waals surface area contributed by atoms with E-state index >= 15 is 0 Å². The number of likely N-dealkylation sites (tertiary alicyclic amines) is 1. The van der Waals surface area contributed by atoms with Crippen molar-refractivity contribution >= 4 is 16.8 Å². The van der Waals surface area contributed by atoms with E-state index in [4.69, 9.17) is 0 Å². The lowest BCUT2D eigenvalue weighted by molar-refractivity contribution is 0.0724. The zero-order chi connectivity index (χ0) is 18.9. The van der Waals surface area contributed by atoms with Crippen LogP contribution in [0.5, 0.6) is 0 Å². The monoisotopic (exact) mass is 373 g/mol. The first-order valence-corrected chi connectivity index (χ1v) is 10.5. The number of amides is 1. The minimum atomic E-state index is 0.185. The maximum Gasteiger partial charge on any atom is 0.253 e. The van der Waals surface area contributed by atoms with E-state index in [1.54, 1.807) is 0 Å². The van der Waals surface area contributed by atoms with E-state index in [0.29, 0.717) is 0 Å². The summed E-state index contributed by atoms with van der Waals surface area (Å²) in [5.41, 5.74) is 6.01. The van der Waals surface area contributed by atoms with Gasteiger partial charge in [0.15, 0.2) is 0 Å². The number of benzene rings is 2. The van der Waals surface area contributed by atoms with Crippen LogP contribution in [0.1, 0.15) is 52.5 Å². The predicted molar refractivity (Wildman–Crippen MR) is 113 cm³/mol. The molecule has 2 aliphatic rings. The van der Waals surface area contributed by atoms with Gasteiger partial charge >= 0.3 is 0 Å². The van der Waals surface area contributed by atoms with Gasteiger partial charge in [0.2, 0.25) is 0 Å². The molecule has 1 unspecified atom stereocenters. The summed E-state index contributed by atoms with van der Waals surface area (Å²) in [5, 5.41) is 5.02. The van der Waals surface area contributed by atoms with Gasteiger partial charge in [0, 0.05) is 35.2 Å². The summed E-state index contributed by atoms with van der Waals surface area (Å²) >= 11 is 0. The van der Waals surface area contributed by atoms with E-state index in [-0.39, 0.29) is 11.9 Å². The number of aromatic amines is 1. The first kappa shape index (κ1) is 17.5. The van der Waals surface area contributed by atoms with Crippen molar-refractivity contribution in [2.24, 2.45) is 0 Å². The number of carbonyl (C=O) groups is 1. The average Bonchev–Trinajstić information content (AvgIpc) is 3.14. The van der Waals surface area contributed by atoms with Crippen molar-refractivity contribution in [3.63, 3.8) is 0 Å². The van der Waals surface area contributed by atoms with Gasteiger partial charge in [-0.25, -0.2) is 0 Å². The quantitative estimate of drug-likeness (QED) is 0.722. The number of nitrogens with one attached hydrogen (secondary N) is 2. The number of H-pyrrole nitrogens is 1. The standard InChI is InChI=1S/C24H27N3O/c28-24(27-13-4-1-5-14-27)18-8-6-7-17(15-18)16-22-23-20(11-12-25-22)19-9-2-3-10-21(19)26-23/h2-3,6-10,15,22,25-26H,1,4-5,11-14,16H2. The smallest absolute Gasteiger partial charge is 0.253 e. The van der Waals surface area contributed by atoms with Gasteiger partial charge < -0.3 is 15.2 Å². The van der Waals surface area contributed by atoms with Gasteiger partial charge in [-0.3, -0.25) is 4.79 Å². The van der Waals surface area contributed by atoms with E-state index in [9.17, 15) is 4.79 Å². The second-order valence-corrected chi connectivity index (χ2v) is 8.08. The molecule has 4 nitrogen and oxygen atoms in total. The number of hydrogen-bond acceptors (Lipinski definition) is 2. The third kappa shape index (κ3) is 3.22. The largest absolute Gasteiger partial charge is 0.357 e. The van der Waals surface area contributed by atoms with Crippen molar-refractivity contribution < 1.29 is 4.79 Å². The van der Waals surface area contributed by atoms with Crippen LogP contribution in [0.3, 0.4) is 0 Å². The molecule has 1 fully saturated rings. The molecule has 3 heterocycles. The molecule has 4 heteroatoms. The first-order chi connectivity index (χ1) is 13.8. The van der Waals surface area contributed by atoms with E-state index in [0.717, 1.165) is 50.9 Å². The highest BCUT2D eigenvalue weighted by atomic mass is 16.2. The van der Waals surface area contributed by atoms with Gasteiger partial charge in [0.05, 0.1) is 6.04 Å². The first-order valence-electron chi connectivity index (χ1n) is 10.5. The fourth-order valence-electron chi connectivity index (χ4n) is 4.78. The lowest BCUT2D eigenvalue weighted by Crippen LogP contribution is -2.35. The minimum absolute atomic E-state index is 0.185. The Kier molecular flexibility index (Phi) is 4.65. The van der Waals surface area contributed by atoms with Gasteiger partial charge in [0.1, 0.15) is 0 Å². The molecule has 1 saturated heterocycles. The molecule has 0 radical (unpaired) electrons. The second-order valence-electron chi connectivity index (χ2n) is 8.08. The van der Waals surface area contributed by atoms with Gasteiger partial charge in [-0.15, -0.1) is 0 Å². The fraction of sp³-hybridized carbons (Fsp3) is 0.375. The Hall–Kier alpha value is -2.59. The Morgan fingerprint density at radius 2 is 1.89 bits per heavy atom. The number of carbonyl (C=O) groups excluding carboxylic acids is 1. The van der Waals surface area contributed by atoms with Gasteiger partial charge in [0.25, 0.3) is 5.91 Å². The molecule has 0 bridgehead atoms. The maximum atomic E-state index is 12.9. The Labute approximate surface area is 165 Å².